The first-order chi connectivity index (χ1) is 24.8. The molecule has 3 aromatic heterocycles. The minimum atomic E-state index is 0.579. The smallest absolute Gasteiger partial charge is 0.227 e. The van der Waals surface area contributed by atoms with Crippen molar-refractivity contribution in [3.8, 4) is 45.4 Å². The summed E-state index contributed by atoms with van der Waals surface area (Å²) in [6, 6.07) is 49.2. The van der Waals surface area contributed by atoms with Crippen LogP contribution in [-0.2, 0) is 0 Å². The summed E-state index contributed by atoms with van der Waals surface area (Å²) in [6.45, 7) is 0. The molecule has 232 valence electrons. The summed E-state index contributed by atoms with van der Waals surface area (Å²) in [5, 5.41) is 6.21. The maximum absolute atomic E-state index is 6.34. The van der Waals surface area contributed by atoms with Crippen molar-refractivity contribution in [2.24, 2.45) is 0 Å². The van der Waals surface area contributed by atoms with Crippen molar-refractivity contribution in [2.75, 3.05) is 0 Å². The van der Waals surface area contributed by atoms with Gasteiger partial charge in [-0.05, 0) is 47.2 Å². The van der Waals surface area contributed by atoms with Crippen molar-refractivity contribution in [1.29, 1.82) is 0 Å². The Morgan fingerprint density at radius 3 is 1.18 bits per heavy atom. The van der Waals surface area contributed by atoms with Crippen LogP contribution in [0.4, 0.5) is 0 Å². The first-order valence-corrected chi connectivity index (χ1v) is 16.6. The Kier molecular flexibility index (Phi) is 5.57. The van der Waals surface area contributed by atoms with Gasteiger partial charge < -0.3 is 8.83 Å². The van der Waals surface area contributed by atoms with Crippen molar-refractivity contribution in [2.45, 2.75) is 0 Å². The Morgan fingerprint density at radius 1 is 0.340 bits per heavy atom. The van der Waals surface area contributed by atoms with Gasteiger partial charge in [-0.2, -0.15) is 0 Å². The summed E-state index contributed by atoms with van der Waals surface area (Å²) >= 11 is 0. The fraction of sp³-hybridized carbons (Fsp3) is 0. The Morgan fingerprint density at radius 2 is 0.740 bits per heavy atom. The van der Waals surface area contributed by atoms with E-state index in [9.17, 15) is 0 Å². The van der Waals surface area contributed by atoms with E-state index in [0.29, 0.717) is 11.8 Å². The molecule has 3 heterocycles. The van der Waals surface area contributed by atoms with Crippen molar-refractivity contribution >= 4 is 65.6 Å². The predicted octanol–water partition coefficient (Wildman–Crippen LogP) is 11.5. The molecule has 0 aliphatic carbocycles. The SMILES string of the molecule is c1ccc(-c2nc3c4ccc(-c5nc6ccccc6o5)c5ccc6c(-c7nc8ccccc8o7)ccc(c3nc2-c2ccccc2)c6c54)cc1. The lowest BCUT2D eigenvalue weighted by molar-refractivity contribution is 0.620. The van der Waals surface area contributed by atoms with Crippen LogP contribution in [0.25, 0.3) is 111 Å². The fourth-order valence-corrected chi connectivity index (χ4v) is 7.44. The Balaban J connectivity index is 1.30. The molecule has 0 saturated heterocycles. The number of benzene rings is 8. The monoisotopic (exact) mass is 640 g/mol. The highest BCUT2D eigenvalue weighted by atomic mass is 16.4. The standard InChI is InChI=1S/C44H24N4O2/c1-3-11-25(12-4-1)39-40(26-13-5-2-6-14-26)48-42-32-24-22-30(44-46-34-16-8-10-18-36(34)50-44)28-20-19-27-29(43-45-33-15-7-9-17-35(33)49-43)21-23-31(41(42)47-39)37(27)38(28)32/h1-24H. The van der Waals surface area contributed by atoms with Crippen molar-refractivity contribution < 1.29 is 8.83 Å². The van der Waals surface area contributed by atoms with E-state index in [1.807, 2.05) is 84.9 Å². The minimum Gasteiger partial charge on any atom is -0.436 e. The van der Waals surface area contributed by atoms with E-state index in [-0.39, 0.29) is 0 Å². The number of aromatic nitrogens is 4. The number of rotatable bonds is 4. The molecule has 0 bridgehead atoms. The van der Waals surface area contributed by atoms with E-state index in [0.717, 1.165) is 99.2 Å². The molecule has 0 amide bonds. The minimum absolute atomic E-state index is 0.579. The molecule has 0 aliphatic heterocycles. The molecule has 11 aromatic rings. The molecule has 0 aliphatic rings. The number of fused-ring (bicyclic) bond motifs is 5. The van der Waals surface area contributed by atoms with Gasteiger partial charge in [0.2, 0.25) is 11.8 Å². The first kappa shape index (κ1) is 27.1. The van der Waals surface area contributed by atoms with Crippen molar-refractivity contribution in [1.82, 2.24) is 19.9 Å². The van der Waals surface area contributed by atoms with Gasteiger partial charge in [0.1, 0.15) is 11.0 Å². The van der Waals surface area contributed by atoms with E-state index >= 15 is 0 Å². The van der Waals surface area contributed by atoms with Crippen LogP contribution in [0.2, 0.25) is 0 Å². The molecule has 0 radical (unpaired) electrons. The number of hydrogen-bond donors (Lipinski definition) is 0. The van der Waals surface area contributed by atoms with E-state index < -0.39 is 0 Å². The summed E-state index contributed by atoms with van der Waals surface area (Å²) in [5.41, 5.74) is 10.4. The summed E-state index contributed by atoms with van der Waals surface area (Å²) in [6.07, 6.45) is 0. The van der Waals surface area contributed by atoms with Gasteiger partial charge in [0.15, 0.2) is 11.2 Å². The van der Waals surface area contributed by atoms with E-state index in [2.05, 4.69) is 60.7 Å². The van der Waals surface area contributed by atoms with Crippen LogP contribution in [0.3, 0.4) is 0 Å². The third-order valence-electron chi connectivity index (χ3n) is 9.71. The average molecular weight is 641 g/mol. The highest BCUT2D eigenvalue weighted by molar-refractivity contribution is 6.35. The molecule has 6 nitrogen and oxygen atoms in total. The molecule has 50 heavy (non-hydrogen) atoms. The lowest BCUT2D eigenvalue weighted by atomic mass is 9.88. The van der Waals surface area contributed by atoms with Crippen LogP contribution < -0.4 is 0 Å². The topological polar surface area (TPSA) is 77.8 Å². The van der Waals surface area contributed by atoms with Gasteiger partial charge in [-0.15, -0.1) is 0 Å². The second kappa shape index (κ2) is 10.3. The molecule has 8 aromatic carbocycles. The second-order valence-corrected chi connectivity index (χ2v) is 12.6. The quantitative estimate of drug-likeness (QED) is 0.141. The predicted molar refractivity (Wildman–Crippen MR) is 200 cm³/mol. The van der Waals surface area contributed by atoms with Gasteiger partial charge in [-0.1, -0.05) is 109 Å². The molecule has 11 rings (SSSR count). The second-order valence-electron chi connectivity index (χ2n) is 12.6. The molecule has 0 unspecified atom stereocenters. The summed E-state index contributed by atoms with van der Waals surface area (Å²) in [5.74, 6) is 1.16. The highest BCUT2D eigenvalue weighted by Crippen LogP contribution is 2.46. The number of para-hydroxylation sites is 4. The number of nitrogens with zero attached hydrogens (tertiary/aromatic N) is 4. The number of oxazole rings is 2. The van der Waals surface area contributed by atoms with E-state index in [1.54, 1.807) is 0 Å². The summed E-state index contributed by atoms with van der Waals surface area (Å²) in [7, 11) is 0. The Hall–Kier alpha value is -6.92. The van der Waals surface area contributed by atoms with Gasteiger partial charge >= 0.3 is 0 Å². The van der Waals surface area contributed by atoms with Gasteiger partial charge in [0.25, 0.3) is 0 Å². The zero-order valence-electron chi connectivity index (χ0n) is 26.5. The molecule has 0 N–H and O–H groups in total. The molecular formula is C44H24N4O2. The molecule has 0 saturated carbocycles. The van der Waals surface area contributed by atoms with Gasteiger partial charge in [-0.25, -0.2) is 19.9 Å². The number of hydrogen-bond acceptors (Lipinski definition) is 6. The highest BCUT2D eigenvalue weighted by Gasteiger charge is 2.24. The zero-order chi connectivity index (χ0) is 32.8. The van der Waals surface area contributed by atoms with Crippen LogP contribution >= 0.6 is 0 Å². The van der Waals surface area contributed by atoms with Crippen molar-refractivity contribution in [3.05, 3.63) is 146 Å². The van der Waals surface area contributed by atoms with E-state index in [4.69, 9.17) is 28.8 Å². The van der Waals surface area contributed by atoms with Crippen LogP contribution in [0.1, 0.15) is 0 Å². The lowest BCUT2D eigenvalue weighted by Gasteiger charge is -2.18. The molecule has 6 heteroatoms. The van der Waals surface area contributed by atoms with Gasteiger partial charge in [-0.3, -0.25) is 0 Å². The van der Waals surface area contributed by atoms with Gasteiger partial charge in [0, 0.05) is 43.8 Å². The third kappa shape index (κ3) is 3.90. The van der Waals surface area contributed by atoms with Gasteiger partial charge in [0.05, 0.1) is 22.4 Å². The molecule has 0 atom stereocenters. The summed E-state index contributed by atoms with van der Waals surface area (Å²) < 4.78 is 12.7. The largest absolute Gasteiger partial charge is 0.436 e. The van der Waals surface area contributed by atoms with Crippen LogP contribution in [0.15, 0.2) is 154 Å². The molecular weight excluding hydrogens is 617 g/mol. The average Bonchev–Trinajstić information content (AvgIpc) is 3.82. The molecule has 0 fully saturated rings. The summed E-state index contributed by atoms with van der Waals surface area (Å²) in [4.78, 5) is 20.8. The first-order valence-electron chi connectivity index (χ1n) is 16.6. The zero-order valence-corrected chi connectivity index (χ0v) is 26.5. The molecule has 0 spiro atoms. The normalized spacial score (nSPS) is 12.0. The maximum Gasteiger partial charge on any atom is 0.227 e. The Bertz CT molecular complexity index is 2820. The van der Waals surface area contributed by atoms with Crippen LogP contribution in [0.5, 0.6) is 0 Å². The van der Waals surface area contributed by atoms with Crippen LogP contribution in [0, 0.1) is 0 Å². The van der Waals surface area contributed by atoms with E-state index in [1.165, 1.54) is 0 Å². The van der Waals surface area contributed by atoms with Crippen molar-refractivity contribution in [3.63, 3.8) is 0 Å². The van der Waals surface area contributed by atoms with Crippen LogP contribution in [-0.4, -0.2) is 19.9 Å². The fourth-order valence-electron chi connectivity index (χ4n) is 7.44. The third-order valence-corrected chi connectivity index (χ3v) is 9.71. The maximum atomic E-state index is 6.34. The lowest BCUT2D eigenvalue weighted by Crippen LogP contribution is -1.99. The Labute approximate surface area is 284 Å².